The molecule has 0 aliphatic carbocycles. The number of aryl methyl sites for hydroxylation is 1. The standard InChI is InChI=1S/C24H20F3N7O2S/c1-13-3-4-16(31-22(35)19-10-15(5-6-28-19)24(25,26)27)11-17(13)18-9-14-12-30-23(33-37(2)36)32-20(14)34-8-7-29-21(18)34/h3-6,9-12H,7-8H2,1-2H3,(H,31,35)(H,30,32,33). The first-order chi connectivity index (χ1) is 17.6. The number of aliphatic imine (C=N–C) groups is 1. The number of halogens is 3. The van der Waals surface area contributed by atoms with E-state index >= 15 is 0 Å². The highest BCUT2D eigenvalue weighted by Gasteiger charge is 2.32. The zero-order chi connectivity index (χ0) is 26.3. The van der Waals surface area contributed by atoms with Crippen LogP contribution in [0.2, 0.25) is 0 Å². The van der Waals surface area contributed by atoms with Crippen LogP contribution in [0.15, 0.2) is 47.7 Å². The van der Waals surface area contributed by atoms with Crippen LogP contribution in [0.25, 0.3) is 11.6 Å². The Bertz CT molecular complexity index is 1460. The molecule has 0 fully saturated rings. The Balaban J connectivity index is 1.48. The lowest BCUT2D eigenvalue weighted by Gasteiger charge is -2.28. The summed E-state index contributed by atoms with van der Waals surface area (Å²) in [5, 5.41) is 2.64. The number of nitrogens with zero attached hydrogens (tertiary/aromatic N) is 5. The average Bonchev–Trinajstić information content (AvgIpc) is 3.35. The van der Waals surface area contributed by atoms with Gasteiger partial charge in [-0.15, -0.1) is 0 Å². The molecule has 2 aliphatic rings. The molecule has 1 amide bonds. The number of hydrogen-bond donors (Lipinski definition) is 2. The van der Waals surface area contributed by atoms with Gasteiger partial charge in [-0.25, -0.2) is 4.98 Å². The molecule has 2 aromatic heterocycles. The lowest BCUT2D eigenvalue weighted by molar-refractivity contribution is -0.137. The average molecular weight is 528 g/mol. The Morgan fingerprint density at radius 3 is 2.76 bits per heavy atom. The molecule has 0 radical (unpaired) electrons. The van der Waals surface area contributed by atoms with Crippen molar-refractivity contribution in [1.82, 2.24) is 15.0 Å². The summed E-state index contributed by atoms with van der Waals surface area (Å²) in [7, 11) is 0. The summed E-state index contributed by atoms with van der Waals surface area (Å²) in [4.78, 5) is 31.8. The molecule has 0 saturated heterocycles. The molecular formula is C24H20F3N7O2S. The molecule has 37 heavy (non-hydrogen) atoms. The quantitative estimate of drug-likeness (QED) is 0.483. The number of nitrogens with one attached hydrogen (secondary N) is 2. The minimum atomic E-state index is -4.58. The molecule has 1 aromatic carbocycles. The van der Waals surface area contributed by atoms with Crippen LogP contribution in [0.1, 0.15) is 32.7 Å². The lowest BCUT2D eigenvalue weighted by Crippen LogP contribution is -2.32. The third-order valence-corrected chi connectivity index (χ3v) is 6.24. The molecule has 0 saturated carbocycles. The Morgan fingerprint density at radius 1 is 1.19 bits per heavy atom. The maximum atomic E-state index is 13.0. The van der Waals surface area contributed by atoms with E-state index in [9.17, 15) is 22.5 Å². The highest BCUT2D eigenvalue weighted by molar-refractivity contribution is 7.91. The summed E-state index contributed by atoms with van der Waals surface area (Å²) in [5.41, 5.74) is 2.31. The van der Waals surface area contributed by atoms with Gasteiger partial charge in [-0.3, -0.25) is 14.8 Å². The topological polar surface area (TPSA) is 118 Å². The first kappa shape index (κ1) is 24.7. The number of alkyl halides is 3. The van der Waals surface area contributed by atoms with E-state index in [0.29, 0.717) is 36.5 Å². The van der Waals surface area contributed by atoms with Crippen molar-refractivity contribution in [3.63, 3.8) is 0 Å². The lowest BCUT2D eigenvalue weighted by atomic mass is 9.94. The molecule has 4 heterocycles. The molecule has 3 aromatic rings. The van der Waals surface area contributed by atoms with Crippen LogP contribution in [-0.2, 0) is 17.5 Å². The largest absolute Gasteiger partial charge is 0.593 e. The molecule has 1 atom stereocenters. The van der Waals surface area contributed by atoms with E-state index < -0.39 is 29.0 Å². The minimum absolute atomic E-state index is 0.242. The zero-order valence-electron chi connectivity index (χ0n) is 19.6. The van der Waals surface area contributed by atoms with Crippen molar-refractivity contribution in [1.29, 1.82) is 0 Å². The maximum absolute atomic E-state index is 13.0. The number of rotatable bonds is 5. The molecule has 190 valence electrons. The van der Waals surface area contributed by atoms with Crippen molar-refractivity contribution in [2.24, 2.45) is 4.99 Å². The number of anilines is 3. The molecular weight excluding hydrogens is 507 g/mol. The Hall–Kier alpha value is -3.97. The fraction of sp³-hybridized carbons (Fsp3) is 0.208. The molecule has 9 nitrogen and oxygen atoms in total. The zero-order valence-corrected chi connectivity index (χ0v) is 20.4. The summed E-state index contributed by atoms with van der Waals surface area (Å²) in [5.74, 6) is 0.818. The van der Waals surface area contributed by atoms with Gasteiger partial charge in [-0.1, -0.05) is 6.07 Å². The van der Waals surface area contributed by atoms with Crippen LogP contribution < -0.4 is 14.9 Å². The van der Waals surface area contributed by atoms with E-state index in [1.807, 2.05) is 17.9 Å². The van der Waals surface area contributed by atoms with Crippen LogP contribution in [0.3, 0.4) is 0 Å². The maximum Gasteiger partial charge on any atom is 0.416 e. The van der Waals surface area contributed by atoms with Gasteiger partial charge in [0.25, 0.3) is 11.9 Å². The van der Waals surface area contributed by atoms with Crippen molar-refractivity contribution in [2.45, 2.75) is 13.1 Å². The van der Waals surface area contributed by atoms with Gasteiger partial charge in [0.1, 0.15) is 23.6 Å². The van der Waals surface area contributed by atoms with Crippen LogP contribution in [0.4, 0.5) is 30.6 Å². The second-order valence-corrected chi connectivity index (χ2v) is 9.47. The number of carbonyl (C=O) groups excluding carboxylic acids is 1. The van der Waals surface area contributed by atoms with Gasteiger partial charge in [0.2, 0.25) is 0 Å². The molecule has 5 rings (SSSR count). The van der Waals surface area contributed by atoms with E-state index in [1.54, 1.807) is 24.4 Å². The number of hydrogen-bond acceptors (Lipinski definition) is 8. The Labute approximate surface area is 212 Å². The van der Waals surface area contributed by atoms with E-state index in [4.69, 9.17) is 0 Å². The van der Waals surface area contributed by atoms with Crippen molar-refractivity contribution in [2.75, 3.05) is 34.3 Å². The van der Waals surface area contributed by atoms with E-state index in [2.05, 4.69) is 30.0 Å². The second-order valence-electron chi connectivity index (χ2n) is 8.36. The SMILES string of the molecule is Cc1ccc(NC(=O)c2cc(C(F)(F)F)ccn2)cc1C1=Cc2cnc(N[S+](C)[O-])nc2N2CCN=C12. The van der Waals surface area contributed by atoms with Gasteiger partial charge in [0.05, 0.1) is 23.5 Å². The number of aromatic nitrogens is 3. The number of fused-ring (bicyclic) bond motifs is 3. The van der Waals surface area contributed by atoms with Crippen molar-refractivity contribution in [3.05, 3.63) is 70.7 Å². The first-order valence-corrected chi connectivity index (χ1v) is 12.6. The third-order valence-electron chi connectivity index (χ3n) is 5.77. The predicted molar refractivity (Wildman–Crippen MR) is 136 cm³/mol. The van der Waals surface area contributed by atoms with Gasteiger partial charge in [0.15, 0.2) is 0 Å². The van der Waals surface area contributed by atoms with Crippen molar-refractivity contribution >= 4 is 52.2 Å². The molecule has 2 N–H and O–H groups in total. The smallest absolute Gasteiger partial charge is 0.416 e. The van der Waals surface area contributed by atoms with Gasteiger partial charge in [0, 0.05) is 35.8 Å². The number of pyridine rings is 1. The Morgan fingerprint density at radius 2 is 2.00 bits per heavy atom. The summed E-state index contributed by atoms with van der Waals surface area (Å²) < 4.78 is 53.4. The highest BCUT2D eigenvalue weighted by atomic mass is 32.2. The molecule has 0 spiro atoms. The van der Waals surface area contributed by atoms with E-state index in [0.717, 1.165) is 34.5 Å². The normalized spacial score (nSPS) is 15.4. The van der Waals surface area contributed by atoms with Crippen LogP contribution in [0, 0.1) is 6.92 Å². The van der Waals surface area contributed by atoms with E-state index in [-0.39, 0.29) is 11.6 Å². The highest BCUT2D eigenvalue weighted by Crippen LogP contribution is 2.37. The van der Waals surface area contributed by atoms with Gasteiger partial charge in [-0.2, -0.15) is 22.9 Å². The van der Waals surface area contributed by atoms with Crippen molar-refractivity contribution < 1.29 is 22.5 Å². The number of benzene rings is 1. The summed E-state index contributed by atoms with van der Waals surface area (Å²) >= 11 is -1.32. The summed E-state index contributed by atoms with van der Waals surface area (Å²) in [6.07, 6.45) is 1.39. The number of amidine groups is 1. The summed E-state index contributed by atoms with van der Waals surface area (Å²) in [6, 6.07) is 6.75. The van der Waals surface area contributed by atoms with Crippen molar-refractivity contribution in [3.8, 4) is 0 Å². The second kappa shape index (κ2) is 9.48. The monoisotopic (exact) mass is 527 g/mol. The Kier molecular flexibility index (Phi) is 6.33. The number of amides is 1. The third kappa shape index (κ3) is 5.00. The fourth-order valence-electron chi connectivity index (χ4n) is 4.10. The van der Waals surface area contributed by atoms with Gasteiger partial charge < -0.3 is 14.8 Å². The molecule has 0 bridgehead atoms. The molecule has 13 heteroatoms. The minimum Gasteiger partial charge on any atom is -0.593 e. The van der Waals surface area contributed by atoms with E-state index in [1.165, 1.54) is 6.26 Å². The predicted octanol–water partition coefficient (Wildman–Crippen LogP) is 3.93. The van der Waals surface area contributed by atoms with Gasteiger partial charge >= 0.3 is 6.18 Å². The van der Waals surface area contributed by atoms with Crippen LogP contribution >= 0.6 is 0 Å². The van der Waals surface area contributed by atoms with Crippen LogP contribution in [0.5, 0.6) is 0 Å². The molecule has 1 unspecified atom stereocenters. The molecule has 2 aliphatic heterocycles. The van der Waals surface area contributed by atoms with Crippen LogP contribution in [-0.4, -0.2) is 50.6 Å². The van der Waals surface area contributed by atoms with Gasteiger partial charge in [-0.05, 0) is 48.4 Å². The number of carbonyl (C=O) groups is 1. The first-order valence-electron chi connectivity index (χ1n) is 11.1. The fourth-order valence-corrected chi connectivity index (χ4v) is 4.45. The summed E-state index contributed by atoms with van der Waals surface area (Å²) in [6.45, 7) is 3.06.